The van der Waals surface area contributed by atoms with Gasteiger partial charge < -0.3 is 15.0 Å². The van der Waals surface area contributed by atoms with Crippen molar-refractivity contribution < 1.29 is 14.3 Å². The smallest absolute Gasteiger partial charge is 0.254 e. The van der Waals surface area contributed by atoms with Gasteiger partial charge in [-0.1, -0.05) is 30.3 Å². The van der Waals surface area contributed by atoms with Crippen molar-refractivity contribution in [2.45, 2.75) is 25.3 Å². The molecule has 1 atom stereocenters. The Bertz CT molecular complexity index is 1030. The second-order valence-electron chi connectivity index (χ2n) is 8.26. The van der Waals surface area contributed by atoms with Gasteiger partial charge >= 0.3 is 0 Å². The van der Waals surface area contributed by atoms with Crippen LogP contribution < -0.4 is 4.73 Å². The van der Waals surface area contributed by atoms with Crippen molar-refractivity contribution in [1.82, 2.24) is 9.80 Å². The summed E-state index contributed by atoms with van der Waals surface area (Å²) in [5.41, 5.74) is 2.46. The Balaban J connectivity index is 1.47. The van der Waals surface area contributed by atoms with Crippen LogP contribution in [0.15, 0.2) is 71.7 Å². The Hall–Kier alpha value is -3.19. The number of aromatic nitrogens is 1. The maximum Gasteiger partial charge on any atom is 0.254 e. The lowest BCUT2D eigenvalue weighted by Crippen LogP contribution is -2.48. The van der Waals surface area contributed by atoms with E-state index in [9.17, 15) is 14.8 Å². The zero-order valence-corrected chi connectivity index (χ0v) is 18.9. The number of carbonyl (C=O) groups excluding carboxylic acids is 2. The third kappa shape index (κ3) is 4.99. The molecular weight excluding hydrogens is 422 g/mol. The van der Waals surface area contributed by atoms with Crippen LogP contribution in [0.1, 0.15) is 39.1 Å². The van der Waals surface area contributed by atoms with E-state index in [1.54, 1.807) is 12.1 Å². The van der Waals surface area contributed by atoms with Crippen molar-refractivity contribution in [3.05, 3.63) is 93.6 Å². The third-order valence-corrected chi connectivity index (χ3v) is 6.98. The minimum absolute atomic E-state index is 0.0425. The van der Waals surface area contributed by atoms with Gasteiger partial charge in [-0.2, -0.15) is 16.1 Å². The molecule has 0 N–H and O–H groups in total. The summed E-state index contributed by atoms with van der Waals surface area (Å²) in [7, 11) is 1.90. The number of piperidine rings is 1. The first-order valence-electron chi connectivity index (χ1n) is 10.8. The lowest BCUT2D eigenvalue weighted by Gasteiger charge is -2.40. The number of pyridine rings is 1. The van der Waals surface area contributed by atoms with Crippen LogP contribution in [0.3, 0.4) is 0 Å². The van der Waals surface area contributed by atoms with E-state index >= 15 is 0 Å². The fraction of sp³-hybridized carbons (Fsp3) is 0.320. The highest BCUT2D eigenvalue weighted by molar-refractivity contribution is 7.08. The number of likely N-dealkylation sites (tertiary alicyclic amines) is 1. The molecule has 32 heavy (non-hydrogen) atoms. The fourth-order valence-corrected chi connectivity index (χ4v) is 5.07. The van der Waals surface area contributed by atoms with Gasteiger partial charge in [-0.05, 0) is 42.2 Å². The van der Waals surface area contributed by atoms with Gasteiger partial charge in [0.1, 0.15) is 0 Å². The Morgan fingerprint density at radius 3 is 2.41 bits per heavy atom. The van der Waals surface area contributed by atoms with Gasteiger partial charge in [-0.3, -0.25) is 9.59 Å². The van der Waals surface area contributed by atoms with Crippen LogP contribution in [-0.4, -0.2) is 47.8 Å². The lowest BCUT2D eigenvalue weighted by atomic mass is 9.84. The molecule has 0 saturated carbocycles. The van der Waals surface area contributed by atoms with Gasteiger partial charge in [0.05, 0.1) is 11.1 Å². The third-order valence-electron chi connectivity index (χ3n) is 6.29. The molecule has 0 bridgehead atoms. The van der Waals surface area contributed by atoms with Gasteiger partial charge in [0.25, 0.3) is 11.8 Å². The summed E-state index contributed by atoms with van der Waals surface area (Å²) in [6.07, 6.45) is 5.15. The molecule has 1 aliphatic rings. The second kappa shape index (κ2) is 9.96. The number of hydrogen-bond acceptors (Lipinski definition) is 4. The topological polar surface area (TPSA) is 67.6 Å². The monoisotopic (exact) mass is 449 g/mol. The molecule has 3 heterocycles. The molecule has 7 heteroatoms. The van der Waals surface area contributed by atoms with E-state index in [1.165, 1.54) is 29.3 Å². The van der Waals surface area contributed by atoms with Crippen molar-refractivity contribution in [3.8, 4) is 0 Å². The van der Waals surface area contributed by atoms with E-state index in [2.05, 4.69) is 12.1 Å². The first-order chi connectivity index (χ1) is 15.5. The van der Waals surface area contributed by atoms with Crippen LogP contribution in [0.4, 0.5) is 0 Å². The Kier molecular flexibility index (Phi) is 6.85. The number of likely N-dealkylation sites (N-methyl/N-ethyl adjacent to an activating group) is 1. The number of benzene rings is 1. The second-order valence-corrected chi connectivity index (χ2v) is 9.04. The molecule has 1 fully saturated rings. The van der Waals surface area contributed by atoms with Gasteiger partial charge in [-0.25, -0.2) is 0 Å². The van der Waals surface area contributed by atoms with Gasteiger partial charge in [0.2, 0.25) is 0 Å². The minimum atomic E-state index is -0.0497. The Morgan fingerprint density at radius 2 is 1.78 bits per heavy atom. The quantitative estimate of drug-likeness (QED) is 0.426. The molecular formula is C25H27N3O3S. The molecule has 1 unspecified atom stereocenters. The summed E-state index contributed by atoms with van der Waals surface area (Å²) in [5.74, 6) is 0.290. The molecule has 1 saturated heterocycles. The summed E-state index contributed by atoms with van der Waals surface area (Å²) in [6, 6.07) is 15.3. The Morgan fingerprint density at radius 1 is 1.09 bits per heavy atom. The Labute approximate surface area is 192 Å². The molecule has 0 spiro atoms. The van der Waals surface area contributed by atoms with E-state index in [1.807, 2.05) is 51.9 Å². The van der Waals surface area contributed by atoms with Crippen molar-refractivity contribution in [3.63, 3.8) is 0 Å². The number of carbonyl (C=O) groups is 2. The highest BCUT2D eigenvalue weighted by Gasteiger charge is 2.33. The van der Waals surface area contributed by atoms with Crippen LogP contribution in [0.2, 0.25) is 0 Å². The summed E-state index contributed by atoms with van der Waals surface area (Å²) in [6.45, 7) is 1.28. The van der Waals surface area contributed by atoms with Gasteiger partial charge in [0.15, 0.2) is 12.4 Å². The van der Waals surface area contributed by atoms with Crippen LogP contribution in [0, 0.1) is 11.1 Å². The molecule has 0 aliphatic carbocycles. The number of hydrogen-bond donors (Lipinski definition) is 0. The van der Waals surface area contributed by atoms with E-state index in [-0.39, 0.29) is 17.9 Å². The van der Waals surface area contributed by atoms with Crippen LogP contribution in [0.25, 0.3) is 0 Å². The van der Waals surface area contributed by atoms with Gasteiger partial charge in [-0.15, -0.1) is 0 Å². The highest BCUT2D eigenvalue weighted by Crippen LogP contribution is 2.28. The SMILES string of the molecule is CN(C(=O)c1ccsc1)C(Cc1ccccc1)C1CCN(C(=O)c2cc[n+]([O-])cc2)CC1. The zero-order chi connectivity index (χ0) is 22.5. The number of nitrogens with zero attached hydrogens (tertiary/aromatic N) is 3. The molecule has 1 aliphatic heterocycles. The molecule has 3 aromatic rings. The van der Waals surface area contributed by atoms with E-state index < -0.39 is 0 Å². The molecule has 4 rings (SSSR count). The van der Waals surface area contributed by atoms with Crippen molar-refractivity contribution in [2.24, 2.45) is 5.92 Å². The van der Waals surface area contributed by atoms with Crippen LogP contribution in [0.5, 0.6) is 0 Å². The molecule has 1 aromatic carbocycles. The molecule has 0 radical (unpaired) electrons. The van der Waals surface area contributed by atoms with Crippen molar-refractivity contribution in [1.29, 1.82) is 0 Å². The van der Waals surface area contributed by atoms with E-state index in [4.69, 9.17) is 0 Å². The van der Waals surface area contributed by atoms with Crippen LogP contribution in [-0.2, 0) is 6.42 Å². The fourth-order valence-electron chi connectivity index (χ4n) is 4.44. The van der Waals surface area contributed by atoms with Crippen molar-refractivity contribution in [2.75, 3.05) is 20.1 Å². The zero-order valence-electron chi connectivity index (χ0n) is 18.1. The summed E-state index contributed by atoms with van der Waals surface area (Å²) in [5, 5.41) is 15.1. The first kappa shape index (κ1) is 22.0. The lowest BCUT2D eigenvalue weighted by molar-refractivity contribution is -0.605. The summed E-state index contributed by atoms with van der Waals surface area (Å²) in [4.78, 5) is 29.7. The predicted molar refractivity (Wildman–Crippen MR) is 124 cm³/mol. The standard InChI is InChI=1S/C25H27N3O3S/c1-26(24(29)22-11-16-32-18-22)23(17-19-5-3-2-4-6-19)20-7-12-27(13-8-20)25(30)21-9-14-28(31)15-10-21/h2-6,9-11,14-16,18,20,23H,7-8,12-13,17H2,1H3. The summed E-state index contributed by atoms with van der Waals surface area (Å²) >= 11 is 1.53. The maximum absolute atomic E-state index is 13.1. The molecule has 166 valence electrons. The highest BCUT2D eigenvalue weighted by atomic mass is 32.1. The largest absolute Gasteiger partial charge is 0.619 e. The van der Waals surface area contributed by atoms with E-state index in [0.717, 1.165) is 24.8 Å². The average molecular weight is 450 g/mol. The normalized spacial score (nSPS) is 15.3. The number of rotatable bonds is 6. The number of amides is 2. The average Bonchev–Trinajstić information content (AvgIpc) is 3.38. The molecule has 2 aromatic heterocycles. The molecule has 6 nitrogen and oxygen atoms in total. The predicted octanol–water partition coefficient (Wildman–Crippen LogP) is 3.62. The number of thiophene rings is 1. The maximum atomic E-state index is 13.1. The first-order valence-corrected chi connectivity index (χ1v) is 11.8. The summed E-state index contributed by atoms with van der Waals surface area (Å²) < 4.78 is 0.678. The minimum Gasteiger partial charge on any atom is -0.619 e. The van der Waals surface area contributed by atoms with Gasteiger partial charge in [0, 0.05) is 43.7 Å². The van der Waals surface area contributed by atoms with E-state index in [0.29, 0.717) is 29.3 Å². The molecule has 2 amide bonds. The van der Waals surface area contributed by atoms with Crippen molar-refractivity contribution >= 4 is 23.2 Å². The van der Waals surface area contributed by atoms with Crippen LogP contribution >= 0.6 is 11.3 Å².